The average Bonchev–Trinajstić information content (AvgIpc) is 2.87. The second kappa shape index (κ2) is 4.65. The highest BCUT2D eigenvalue weighted by Crippen LogP contribution is 2.38. The van der Waals surface area contributed by atoms with Crippen LogP contribution in [0, 0.1) is 10.1 Å². The molecule has 1 aromatic rings. The molecule has 2 heterocycles. The van der Waals surface area contributed by atoms with Crippen molar-refractivity contribution in [2.24, 2.45) is 0 Å². The van der Waals surface area contributed by atoms with Gasteiger partial charge in [0, 0.05) is 12.1 Å². The van der Waals surface area contributed by atoms with Crippen LogP contribution in [0.4, 0.5) is 5.69 Å². The fourth-order valence-electron chi connectivity index (χ4n) is 2.28. The Balaban J connectivity index is 1.88. The van der Waals surface area contributed by atoms with E-state index in [9.17, 15) is 14.9 Å². The van der Waals surface area contributed by atoms with E-state index < -0.39 is 4.92 Å². The number of fused-ring (bicyclic) bond motifs is 1. The van der Waals surface area contributed by atoms with Gasteiger partial charge in [-0.3, -0.25) is 15.1 Å². The molecule has 7 heteroatoms. The first kappa shape index (κ1) is 12.2. The lowest BCUT2D eigenvalue weighted by Gasteiger charge is -2.22. The highest BCUT2D eigenvalue weighted by molar-refractivity contribution is 8.13. The lowest BCUT2D eigenvalue weighted by molar-refractivity contribution is -0.441. The van der Waals surface area contributed by atoms with Gasteiger partial charge in [-0.05, 0) is 17.3 Å². The van der Waals surface area contributed by atoms with Crippen molar-refractivity contribution in [3.8, 4) is 0 Å². The number of thioether (sulfide) groups is 1. The van der Waals surface area contributed by atoms with E-state index in [1.54, 1.807) is 28.8 Å². The Hall–Kier alpha value is -1.89. The van der Waals surface area contributed by atoms with Gasteiger partial charge in [-0.25, -0.2) is 4.79 Å². The van der Waals surface area contributed by atoms with Crippen molar-refractivity contribution in [1.29, 1.82) is 0 Å². The summed E-state index contributed by atoms with van der Waals surface area (Å²) in [5.41, 5.74) is 0.894. The third kappa shape index (κ3) is 2.21. The summed E-state index contributed by atoms with van der Waals surface area (Å²) in [5, 5.41) is 11.6. The van der Waals surface area contributed by atoms with Crippen molar-refractivity contribution in [2.75, 3.05) is 13.1 Å². The topological polar surface area (TPSA) is 77.4 Å². The lowest BCUT2D eigenvalue weighted by Crippen LogP contribution is -2.70. The minimum atomic E-state index is -0.411. The fraction of sp³-hybridized carbons (Fsp3) is 0.333. The average molecular weight is 278 g/mol. The van der Waals surface area contributed by atoms with Gasteiger partial charge in [-0.1, -0.05) is 12.1 Å². The summed E-state index contributed by atoms with van der Waals surface area (Å²) < 4.78 is 0. The summed E-state index contributed by atoms with van der Waals surface area (Å²) in [6.45, 7) is 1.48. The van der Waals surface area contributed by atoms with E-state index in [2.05, 4.69) is 4.99 Å². The molecule has 0 radical (unpaired) electrons. The standard InChI is InChI=1S/C12H11N3O3S/c16-11-7-10(19-12-13-4-5-14(11)12)8-2-1-3-9(6-8)15(17)18/h1-3,6,10H,4-5,7H2/p+1. The van der Waals surface area contributed by atoms with Gasteiger partial charge >= 0.3 is 11.1 Å². The number of amidine groups is 1. The fourth-order valence-corrected chi connectivity index (χ4v) is 3.57. The van der Waals surface area contributed by atoms with Crippen molar-refractivity contribution in [3.05, 3.63) is 39.9 Å². The number of nitro groups is 1. The van der Waals surface area contributed by atoms with Crippen LogP contribution in [0.2, 0.25) is 0 Å². The molecule has 98 valence electrons. The number of benzene rings is 1. The SMILES string of the molecule is O=C1CC(c2cccc([N+](=O)[O-])c2)SC2=[NH+]CCN12. The van der Waals surface area contributed by atoms with E-state index in [1.165, 1.54) is 6.07 Å². The predicted octanol–water partition coefficient (Wildman–Crippen LogP) is 0.0516. The molecule has 1 aromatic carbocycles. The minimum absolute atomic E-state index is 0.0516. The van der Waals surface area contributed by atoms with Crippen molar-refractivity contribution >= 4 is 28.5 Å². The largest absolute Gasteiger partial charge is 0.314 e. The van der Waals surface area contributed by atoms with Gasteiger partial charge in [0.15, 0.2) is 0 Å². The van der Waals surface area contributed by atoms with Gasteiger partial charge in [0.1, 0.15) is 13.1 Å². The molecular weight excluding hydrogens is 266 g/mol. The minimum Gasteiger partial charge on any atom is -0.264 e. The Bertz CT molecular complexity index is 587. The molecule has 1 fully saturated rings. The molecule has 0 bridgehead atoms. The summed E-state index contributed by atoms with van der Waals surface area (Å²) in [7, 11) is 0. The van der Waals surface area contributed by atoms with Crippen molar-refractivity contribution in [1.82, 2.24) is 4.90 Å². The first-order chi connectivity index (χ1) is 9.15. The number of nitro benzene ring substituents is 1. The summed E-state index contributed by atoms with van der Waals surface area (Å²) in [4.78, 5) is 27.3. The third-order valence-corrected chi connectivity index (χ3v) is 4.54. The van der Waals surface area contributed by atoms with E-state index in [0.717, 1.165) is 17.3 Å². The van der Waals surface area contributed by atoms with E-state index in [4.69, 9.17) is 0 Å². The van der Waals surface area contributed by atoms with Crippen molar-refractivity contribution in [3.63, 3.8) is 0 Å². The van der Waals surface area contributed by atoms with E-state index >= 15 is 0 Å². The molecule has 1 unspecified atom stereocenters. The Morgan fingerprint density at radius 1 is 1.47 bits per heavy atom. The molecule has 1 saturated heterocycles. The van der Waals surface area contributed by atoms with Crippen LogP contribution >= 0.6 is 11.8 Å². The first-order valence-corrected chi connectivity index (χ1v) is 6.85. The zero-order valence-electron chi connectivity index (χ0n) is 10.0. The maximum atomic E-state index is 12.0. The Morgan fingerprint density at radius 3 is 3.11 bits per heavy atom. The van der Waals surface area contributed by atoms with E-state index in [1.807, 2.05) is 6.07 Å². The summed E-state index contributed by atoms with van der Waals surface area (Å²) >= 11 is 1.57. The second-order valence-electron chi connectivity index (χ2n) is 4.44. The van der Waals surface area contributed by atoms with Crippen LogP contribution in [-0.4, -0.2) is 34.0 Å². The number of carbonyl (C=O) groups is 1. The molecule has 1 N–H and O–H groups in total. The Morgan fingerprint density at radius 2 is 2.32 bits per heavy atom. The summed E-state index contributed by atoms with van der Waals surface area (Å²) in [6, 6.07) is 6.52. The number of hydrogen-bond donors (Lipinski definition) is 1. The molecule has 1 amide bonds. The summed E-state index contributed by atoms with van der Waals surface area (Å²) in [6.07, 6.45) is 0.386. The number of hydrogen-bond acceptors (Lipinski definition) is 4. The molecule has 1 atom stereocenters. The maximum absolute atomic E-state index is 12.0. The molecule has 6 nitrogen and oxygen atoms in total. The van der Waals surface area contributed by atoms with E-state index in [0.29, 0.717) is 13.0 Å². The molecule has 0 saturated carbocycles. The van der Waals surface area contributed by atoms with Gasteiger partial charge in [-0.15, -0.1) is 0 Å². The molecule has 0 spiro atoms. The maximum Gasteiger partial charge on any atom is 0.314 e. The quantitative estimate of drug-likeness (QED) is 0.612. The molecule has 19 heavy (non-hydrogen) atoms. The number of amides is 1. The zero-order chi connectivity index (χ0) is 13.4. The Labute approximate surface area is 113 Å². The molecule has 0 aliphatic carbocycles. The van der Waals surface area contributed by atoms with Crippen LogP contribution in [0.15, 0.2) is 24.3 Å². The van der Waals surface area contributed by atoms with Crippen LogP contribution in [0.5, 0.6) is 0 Å². The normalized spacial score (nSPS) is 22.1. The van der Waals surface area contributed by atoms with Crippen LogP contribution in [0.3, 0.4) is 0 Å². The van der Waals surface area contributed by atoms with Crippen LogP contribution in [0.25, 0.3) is 0 Å². The first-order valence-electron chi connectivity index (χ1n) is 5.97. The van der Waals surface area contributed by atoms with E-state index in [-0.39, 0.29) is 16.8 Å². The zero-order valence-corrected chi connectivity index (χ0v) is 10.9. The molecule has 3 rings (SSSR count). The summed E-state index contributed by atoms with van der Waals surface area (Å²) in [5.74, 6) is 0.0789. The number of nitrogens with one attached hydrogen (secondary N) is 1. The number of rotatable bonds is 2. The highest BCUT2D eigenvalue weighted by Gasteiger charge is 2.41. The highest BCUT2D eigenvalue weighted by atomic mass is 32.2. The van der Waals surface area contributed by atoms with Crippen molar-refractivity contribution in [2.45, 2.75) is 11.7 Å². The monoisotopic (exact) mass is 278 g/mol. The van der Waals surface area contributed by atoms with Gasteiger partial charge in [0.25, 0.3) is 5.69 Å². The Kier molecular flexibility index (Phi) is 2.98. The molecule has 0 aromatic heterocycles. The number of non-ortho nitro benzene ring substituents is 1. The van der Waals surface area contributed by atoms with Crippen LogP contribution in [-0.2, 0) is 4.79 Å². The van der Waals surface area contributed by atoms with Crippen LogP contribution < -0.4 is 4.99 Å². The van der Waals surface area contributed by atoms with Gasteiger partial charge in [-0.2, -0.15) is 4.90 Å². The molecular formula is C12H12N3O3S+. The van der Waals surface area contributed by atoms with Crippen LogP contribution in [0.1, 0.15) is 17.2 Å². The smallest absolute Gasteiger partial charge is 0.264 e. The van der Waals surface area contributed by atoms with Gasteiger partial charge in [0.2, 0.25) is 0 Å². The van der Waals surface area contributed by atoms with Gasteiger partial charge in [0.05, 0.1) is 16.6 Å². The molecule has 2 aliphatic heterocycles. The number of carbonyl (C=O) groups excluding carboxylic acids is 1. The lowest BCUT2D eigenvalue weighted by atomic mass is 10.1. The van der Waals surface area contributed by atoms with Crippen molar-refractivity contribution < 1.29 is 14.7 Å². The second-order valence-corrected chi connectivity index (χ2v) is 5.63. The predicted molar refractivity (Wildman–Crippen MR) is 70.6 cm³/mol. The third-order valence-electron chi connectivity index (χ3n) is 3.22. The number of nitrogens with zero attached hydrogens (tertiary/aromatic N) is 2. The molecule has 2 aliphatic rings. The van der Waals surface area contributed by atoms with Gasteiger partial charge < -0.3 is 0 Å².